The Morgan fingerprint density at radius 2 is 2.50 bits per heavy atom. The third-order valence-corrected chi connectivity index (χ3v) is 1.26. The van der Waals surface area contributed by atoms with Crippen LogP contribution >= 0.6 is 0 Å². The Balaban J connectivity index is 2.57. The molecular formula is C8H9NO3. The molecule has 0 unspecified atom stereocenters. The molecule has 0 aliphatic carbocycles. The van der Waals surface area contributed by atoms with Crippen LogP contribution in [0.15, 0.2) is 29.0 Å². The summed E-state index contributed by atoms with van der Waals surface area (Å²) in [5, 5.41) is 8.46. The van der Waals surface area contributed by atoms with Crippen LogP contribution in [-0.2, 0) is 9.53 Å². The van der Waals surface area contributed by atoms with Crippen LogP contribution < -0.4 is 0 Å². The van der Waals surface area contributed by atoms with E-state index in [1.54, 1.807) is 12.2 Å². The zero-order valence-corrected chi connectivity index (χ0v) is 6.65. The van der Waals surface area contributed by atoms with Crippen LogP contribution in [0.25, 0.3) is 0 Å². The molecule has 4 heteroatoms. The minimum absolute atomic E-state index is 0.231. The highest BCUT2D eigenvalue weighted by atomic mass is 16.5. The van der Waals surface area contributed by atoms with Crippen LogP contribution in [0.2, 0.25) is 0 Å². The first-order valence-corrected chi connectivity index (χ1v) is 3.51. The van der Waals surface area contributed by atoms with Crippen LogP contribution in [-0.4, -0.2) is 23.5 Å². The summed E-state index contributed by atoms with van der Waals surface area (Å²) in [7, 11) is 0. The van der Waals surface area contributed by atoms with Gasteiger partial charge in [0.1, 0.15) is 12.3 Å². The first-order chi connectivity index (χ1) is 5.74. The predicted molar refractivity (Wildman–Crippen MR) is 43.9 cm³/mol. The normalized spacial score (nSPS) is 19.8. The number of allylic oxidation sites excluding steroid dienone is 3. The molecule has 0 fully saturated rings. The number of aliphatic carboxylic acids is 1. The Kier molecular flexibility index (Phi) is 2.63. The average Bonchev–Trinajstić information content (AvgIpc) is 2.48. The number of aliphatic imine (C=N–C) groups is 1. The maximum Gasteiger partial charge on any atom is 0.391 e. The van der Waals surface area contributed by atoms with E-state index in [1.165, 1.54) is 0 Å². The minimum atomic E-state index is -1.13. The topological polar surface area (TPSA) is 58.9 Å². The summed E-state index contributed by atoms with van der Waals surface area (Å²) in [6.07, 6.45) is 5.30. The van der Waals surface area contributed by atoms with Gasteiger partial charge in [-0.05, 0) is 13.0 Å². The molecule has 1 N–H and O–H groups in total. The van der Waals surface area contributed by atoms with Gasteiger partial charge in [0, 0.05) is 0 Å². The number of ether oxygens (including phenoxy) is 1. The van der Waals surface area contributed by atoms with Gasteiger partial charge >= 0.3 is 11.9 Å². The molecule has 0 atom stereocenters. The van der Waals surface area contributed by atoms with Crippen molar-refractivity contribution in [3.8, 4) is 0 Å². The molecule has 4 nitrogen and oxygen atoms in total. The van der Waals surface area contributed by atoms with Crippen molar-refractivity contribution in [2.45, 2.75) is 6.92 Å². The minimum Gasteiger partial charge on any atom is -0.474 e. The molecule has 1 aliphatic heterocycles. The first-order valence-electron chi connectivity index (χ1n) is 3.51. The molecule has 1 heterocycles. The van der Waals surface area contributed by atoms with Gasteiger partial charge in [-0.3, -0.25) is 0 Å². The average molecular weight is 167 g/mol. The van der Waals surface area contributed by atoms with Crippen molar-refractivity contribution in [2.24, 2.45) is 4.99 Å². The molecule has 0 spiro atoms. The zero-order chi connectivity index (χ0) is 8.97. The van der Waals surface area contributed by atoms with Crippen LogP contribution in [0.4, 0.5) is 0 Å². The smallest absolute Gasteiger partial charge is 0.391 e. The van der Waals surface area contributed by atoms with Crippen molar-refractivity contribution in [3.05, 3.63) is 24.0 Å². The summed E-state index contributed by atoms with van der Waals surface area (Å²) in [6, 6.07) is 0. The highest BCUT2D eigenvalue weighted by Crippen LogP contribution is 2.08. The van der Waals surface area contributed by atoms with E-state index in [0.717, 1.165) is 0 Å². The van der Waals surface area contributed by atoms with Gasteiger partial charge in [-0.1, -0.05) is 12.2 Å². The Hall–Kier alpha value is -1.58. The number of nitrogens with zero attached hydrogens (tertiary/aromatic N) is 1. The van der Waals surface area contributed by atoms with Gasteiger partial charge in [0.05, 0.1) is 0 Å². The van der Waals surface area contributed by atoms with Crippen molar-refractivity contribution in [3.63, 3.8) is 0 Å². The van der Waals surface area contributed by atoms with Crippen LogP contribution in [0.3, 0.4) is 0 Å². The van der Waals surface area contributed by atoms with Gasteiger partial charge in [-0.2, -0.15) is 0 Å². The van der Waals surface area contributed by atoms with Gasteiger partial charge in [-0.15, -0.1) is 0 Å². The Morgan fingerprint density at radius 3 is 3.00 bits per heavy atom. The molecule has 0 amide bonds. The SMILES string of the molecule is CC=CC=C1CN=C(C(=O)O)O1. The van der Waals surface area contributed by atoms with E-state index >= 15 is 0 Å². The van der Waals surface area contributed by atoms with Gasteiger partial charge in [0.15, 0.2) is 0 Å². The van der Waals surface area contributed by atoms with Gasteiger partial charge in [-0.25, -0.2) is 9.79 Å². The maximum atomic E-state index is 10.3. The molecule has 0 saturated carbocycles. The van der Waals surface area contributed by atoms with Crippen molar-refractivity contribution >= 4 is 11.9 Å². The molecule has 0 bridgehead atoms. The Labute approximate surface area is 69.9 Å². The monoisotopic (exact) mass is 167 g/mol. The number of rotatable bonds is 2. The van der Waals surface area contributed by atoms with E-state index < -0.39 is 5.97 Å². The predicted octanol–water partition coefficient (Wildman–Crippen LogP) is 0.960. The van der Waals surface area contributed by atoms with E-state index in [0.29, 0.717) is 12.3 Å². The third kappa shape index (κ3) is 1.95. The third-order valence-electron chi connectivity index (χ3n) is 1.26. The molecule has 0 aromatic heterocycles. The fraction of sp³-hybridized carbons (Fsp3) is 0.250. The number of carboxylic acids is 1. The molecule has 1 aliphatic rings. The number of hydrogen-bond donors (Lipinski definition) is 1. The lowest BCUT2D eigenvalue weighted by Gasteiger charge is -1.94. The first kappa shape index (κ1) is 8.52. The van der Waals surface area contributed by atoms with Crippen molar-refractivity contribution < 1.29 is 14.6 Å². The molecule has 0 saturated heterocycles. The van der Waals surface area contributed by atoms with Crippen molar-refractivity contribution in [1.29, 1.82) is 0 Å². The van der Waals surface area contributed by atoms with Crippen LogP contribution in [0.5, 0.6) is 0 Å². The lowest BCUT2D eigenvalue weighted by atomic mass is 10.4. The summed E-state index contributed by atoms with van der Waals surface area (Å²) in [4.78, 5) is 14.0. The van der Waals surface area contributed by atoms with Crippen molar-refractivity contribution in [2.75, 3.05) is 6.54 Å². The highest BCUT2D eigenvalue weighted by Gasteiger charge is 2.18. The van der Waals surface area contributed by atoms with Gasteiger partial charge < -0.3 is 9.84 Å². The summed E-state index contributed by atoms with van der Waals surface area (Å²) >= 11 is 0. The van der Waals surface area contributed by atoms with E-state index in [-0.39, 0.29) is 5.90 Å². The fourth-order valence-electron chi connectivity index (χ4n) is 0.740. The second-order valence-corrected chi connectivity index (χ2v) is 2.19. The molecule has 1 rings (SSSR count). The van der Waals surface area contributed by atoms with Crippen molar-refractivity contribution in [1.82, 2.24) is 0 Å². The maximum absolute atomic E-state index is 10.3. The van der Waals surface area contributed by atoms with Gasteiger partial charge in [0.2, 0.25) is 0 Å². The van der Waals surface area contributed by atoms with E-state index in [1.807, 2.05) is 13.0 Å². The lowest BCUT2D eigenvalue weighted by Crippen LogP contribution is -2.11. The lowest BCUT2D eigenvalue weighted by molar-refractivity contribution is -0.130. The second kappa shape index (κ2) is 3.71. The summed E-state index contributed by atoms with van der Waals surface area (Å²) in [5.41, 5.74) is 0. The highest BCUT2D eigenvalue weighted by molar-refractivity contribution is 6.32. The Bertz CT molecular complexity index is 276. The molecule has 0 radical (unpaired) electrons. The molecular weight excluding hydrogens is 158 g/mol. The number of carbonyl (C=O) groups is 1. The number of carboxylic acid groups (broad SMARTS) is 1. The zero-order valence-electron chi connectivity index (χ0n) is 6.65. The summed E-state index contributed by atoms with van der Waals surface area (Å²) < 4.78 is 4.89. The summed E-state index contributed by atoms with van der Waals surface area (Å²) in [5.74, 6) is -0.796. The van der Waals surface area contributed by atoms with E-state index in [4.69, 9.17) is 9.84 Å². The number of hydrogen-bond acceptors (Lipinski definition) is 3. The largest absolute Gasteiger partial charge is 0.474 e. The van der Waals surface area contributed by atoms with Gasteiger partial charge in [0.25, 0.3) is 0 Å². The molecule has 64 valence electrons. The summed E-state index contributed by atoms with van der Waals surface area (Å²) in [6.45, 7) is 2.18. The quantitative estimate of drug-likeness (QED) is 0.666. The Morgan fingerprint density at radius 1 is 1.75 bits per heavy atom. The standard InChI is InChI=1S/C8H9NO3/c1-2-3-4-6-5-9-7(12-6)8(10)11/h2-4H,5H2,1H3,(H,10,11). The fourth-order valence-corrected chi connectivity index (χ4v) is 0.740. The molecule has 12 heavy (non-hydrogen) atoms. The van der Waals surface area contributed by atoms with Crippen LogP contribution in [0, 0.1) is 0 Å². The van der Waals surface area contributed by atoms with E-state index in [9.17, 15) is 4.79 Å². The molecule has 0 aromatic rings. The van der Waals surface area contributed by atoms with Crippen LogP contribution in [0.1, 0.15) is 6.92 Å². The van der Waals surface area contributed by atoms with E-state index in [2.05, 4.69) is 4.99 Å². The molecule has 0 aromatic carbocycles. The second-order valence-electron chi connectivity index (χ2n) is 2.19.